The molecule has 0 heterocycles. The number of carbonyl (C=O) groups is 1. The van der Waals surface area contributed by atoms with E-state index in [9.17, 15) is 4.79 Å². The molecule has 0 spiro atoms. The van der Waals surface area contributed by atoms with Crippen molar-refractivity contribution in [1.82, 2.24) is 5.32 Å². The van der Waals surface area contributed by atoms with Crippen molar-refractivity contribution in [2.24, 2.45) is 0 Å². The fraction of sp³-hybridized carbons (Fsp3) is 0.690. The van der Waals surface area contributed by atoms with Crippen LogP contribution < -0.4 is 5.32 Å². The van der Waals surface area contributed by atoms with Crippen molar-refractivity contribution in [1.29, 1.82) is 0 Å². The average Bonchev–Trinajstić information content (AvgIpc) is 2.99. The highest BCUT2D eigenvalue weighted by molar-refractivity contribution is 5.67. The van der Waals surface area contributed by atoms with E-state index in [-0.39, 0.29) is 6.61 Å². The van der Waals surface area contributed by atoms with Gasteiger partial charge in [-0.3, -0.25) is 0 Å². The van der Waals surface area contributed by atoms with Crippen LogP contribution in [0.4, 0.5) is 4.79 Å². The Hall–Kier alpha value is -2.31. The van der Waals surface area contributed by atoms with Crippen molar-refractivity contribution >= 4 is 6.09 Å². The van der Waals surface area contributed by atoms with E-state index < -0.39 is 6.09 Å². The Kier molecular flexibility index (Phi) is 27.4. The molecule has 1 amide bonds. The minimum absolute atomic E-state index is 0.239. The molecule has 0 aliphatic heterocycles. The molecule has 234 valence electrons. The van der Waals surface area contributed by atoms with Crippen molar-refractivity contribution in [3.63, 3.8) is 0 Å². The summed E-state index contributed by atoms with van der Waals surface area (Å²) in [5, 5.41) is 2.64. The molecule has 1 aromatic carbocycles. The Morgan fingerprint density at radius 3 is 1.32 bits per heavy atom. The number of benzene rings is 1. The fourth-order valence-electron chi connectivity index (χ4n) is 2.89. The summed E-state index contributed by atoms with van der Waals surface area (Å²) in [6.45, 7) is 9.10. The van der Waals surface area contributed by atoms with Gasteiger partial charge in [-0.05, 0) is 5.56 Å². The van der Waals surface area contributed by atoms with Crippen LogP contribution in [0.2, 0.25) is 0 Å². The van der Waals surface area contributed by atoms with Gasteiger partial charge in [0, 0.05) is 6.54 Å². The molecule has 0 aliphatic carbocycles. The number of ether oxygens (including phenoxy) is 10. The number of nitrogens with one attached hydrogen (secondary N) is 1. The van der Waals surface area contributed by atoms with Gasteiger partial charge in [-0.2, -0.15) is 0 Å². The van der Waals surface area contributed by atoms with E-state index in [1.54, 1.807) is 0 Å². The highest BCUT2D eigenvalue weighted by Crippen LogP contribution is 2.00. The molecule has 12 heteroatoms. The number of alkyl carbamates (subject to hydrolysis) is 1. The number of hydrogen-bond acceptors (Lipinski definition) is 11. The zero-order valence-corrected chi connectivity index (χ0v) is 24.1. The lowest BCUT2D eigenvalue weighted by molar-refractivity contribution is -0.0245. The Morgan fingerprint density at radius 1 is 0.561 bits per heavy atom. The van der Waals surface area contributed by atoms with Gasteiger partial charge in [0.1, 0.15) is 13.2 Å². The lowest BCUT2D eigenvalue weighted by atomic mass is 10.2. The Bertz CT molecular complexity index is 733. The van der Waals surface area contributed by atoms with E-state index in [2.05, 4.69) is 11.2 Å². The number of carbonyl (C=O) groups excluding carboxylic acids is 1. The summed E-state index contributed by atoms with van der Waals surface area (Å²) < 4.78 is 53.5. The summed E-state index contributed by atoms with van der Waals surface area (Å²) in [6, 6.07) is 9.50. The highest BCUT2D eigenvalue weighted by atomic mass is 16.6. The van der Waals surface area contributed by atoms with E-state index in [4.69, 9.17) is 53.8 Å². The average molecular weight is 586 g/mol. The quantitative estimate of drug-likeness (QED) is 0.105. The first-order valence-electron chi connectivity index (χ1n) is 13.9. The van der Waals surface area contributed by atoms with E-state index in [0.717, 1.165) is 5.56 Å². The number of rotatable bonds is 30. The van der Waals surface area contributed by atoms with Crippen molar-refractivity contribution in [2.75, 3.05) is 125 Å². The third-order valence-corrected chi connectivity index (χ3v) is 4.89. The minimum atomic E-state index is -0.469. The monoisotopic (exact) mass is 585 g/mol. The summed E-state index contributed by atoms with van der Waals surface area (Å²) >= 11 is 0. The summed E-state index contributed by atoms with van der Waals surface area (Å²) in [6.07, 6.45) is 4.60. The summed E-state index contributed by atoms with van der Waals surface area (Å²) in [5.41, 5.74) is 0.938. The molecule has 0 saturated carbocycles. The van der Waals surface area contributed by atoms with Gasteiger partial charge in [0.25, 0.3) is 0 Å². The van der Waals surface area contributed by atoms with E-state index in [1.165, 1.54) is 0 Å². The third kappa shape index (κ3) is 27.6. The zero-order valence-electron chi connectivity index (χ0n) is 24.1. The molecule has 0 saturated heterocycles. The Labute approximate surface area is 244 Å². The van der Waals surface area contributed by atoms with Gasteiger partial charge in [0.05, 0.1) is 112 Å². The van der Waals surface area contributed by atoms with Gasteiger partial charge in [-0.15, -0.1) is 6.42 Å². The van der Waals surface area contributed by atoms with Crippen LogP contribution in [0.25, 0.3) is 0 Å². The number of terminal acetylenes is 1. The van der Waals surface area contributed by atoms with Crippen LogP contribution in [-0.4, -0.2) is 132 Å². The van der Waals surface area contributed by atoms with Crippen LogP contribution in [0.15, 0.2) is 30.3 Å². The maximum Gasteiger partial charge on any atom is 0.407 e. The van der Waals surface area contributed by atoms with Crippen LogP contribution >= 0.6 is 0 Å². The Morgan fingerprint density at radius 2 is 0.927 bits per heavy atom. The minimum Gasteiger partial charge on any atom is -0.445 e. The molecule has 0 radical (unpaired) electrons. The molecule has 1 N–H and O–H groups in total. The standard InChI is InChI=1S/C29H47NO11/c1-2-9-32-11-13-34-15-17-36-19-21-38-23-25-40-26-24-39-22-20-37-18-16-35-14-12-33-10-8-30-29(31)41-27-28-6-4-3-5-7-28/h1,3-7H,8-27H2,(H,30,31). The van der Waals surface area contributed by atoms with Gasteiger partial charge in [-0.1, -0.05) is 36.3 Å². The molecule has 0 atom stereocenters. The van der Waals surface area contributed by atoms with Gasteiger partial charge < -0.3 is 52.7 Å². The predicted molar refractivity (Wildman–Crippen MR) is 151 cm³/mol. The maximum absolute atomic E-state index is 11.6. The smallest absolute Gasteiger partial charge is 0.407 e. The van der Waals surface area contributed by atoms with Crippen molar-refractivity contribution in [3.8, 4) is 12.3 Å². The van der Waals surface area contributed by atoms with Gasteiger partial charge in [-0.25, -0.2) is 4.79 Å². The molecule has 0 aliphatic rings. The lowest BCUT2D eigenvalue weighted by Crippen LogP contribution is -2.28. The SMILES string of the molecule is C#CCOCCOCCOCCOCCOCCOCCOCCOCCOCCNC(=O)OCc1ccccc1. The lowest BCUT2D eigenvalue weighted by Gasteiger charge is -2.09. The van der Waals surface area contributed by atoms with Crippen LogP contribution in [0.1, 0.15) is 5.56 Å². The zero-order chi connectivity index (χ0) is 29.3. The molecule has 1 rings (SSSR count). The second kappa shape index (κ2) is 30.6. The topological polar surface area (TPSA) is 121 Å². The summed E-state index contributed by atoms with van der Waals surface area (Å²) in [4.78, 5) is 11.6. The predicted octanol–water partition coefficient (Wildman–Crippen LogP) is 1.70. The molecular formula is C29H47NO11. The first kappa shape index (κ1) is 36.7. The molecule has 0 bridgehead atoms. The molecule has 0 fully saturated rings. The largest absolute Gasteiger partial charge is 0.445 e. The van der Waals surface area contributed by atoms with Gasteiger partial charge >= 0.3 is 6.09 Å². The van der Waals surface area contributed by atoms with E-state index in [1.807, 2.05) is 30.3 Å². The molecule has 0 aromatic heterocycles. The normalized spacial score (nSPS) is 10.9. The second-order valence-corrected chi connectivity index (χ2v) is 8.14. The number of hydrogen-bond donors (Lipinski definition) is 1. The van der Waals surface area contributed by atoms with Crippen LogP contribution in [0.3, 0.4) is 0 Å². The second-order valence-electron chi connectivity index (χ2n) is 8.14. The third-order valence-electron chi connectivity index (χ3n) is 4.89. The maximum atomic E-state index is 11.6. The van der Waals surface area contributed by atoms with Crippen molar-refractivity contribution < 1.29 is 52.2 Å². The fourth-order valence-corrected chi connectivity index (χ4v) is 2.89. The summed E-state index contributed by atoms with van der Waals surface area (Å²) in [7, 11) is 0. The van der Waals surface area contributed by atoms with E-state index >= 15 is 0 Å². The highest BCUT2D eigenvalue weighted by Gasteiger charge is 2.01. The molecule has 41 heavy (non-hydrogen) atoms. The van der Waals surface area contributed by atoms with Crippen molar-refractivity contribution in [2.45, 2.75) is 6.61 Å². The summed E-state index contributed by atoms with van der Waals surface area (Å²) in [5.74, 6) is 2.39. The first-order chi connectivity index (χ1) is 20.3. The molecular weight excluding hydrogens is 538 g/mol. The van der Waals surface area contributed by atoms with Crippen LogP contribution in [0, 0.1) is 12.3 Å². The number of amides is 1. The van der Waals surface area contributed by atoms with E-state index in [0.29, 0.717) is 125 Å². The molecule has 0 unspecified atom stereocenters. The van der Waals surface area contributed by atoms with Crippen LogP contribution in [0.5, 0.6) is 0 Å². The van der Waals surface area contributed by atoms with Gasteiger partial charge in [0.2, 0.25) is 0 Å². The van der Waals surface area contributed by atoms with Gasteiger partial charge in [0.15, 0.2) is 0 Å². The van der Waals surface area contributed by atoms with Crippen LogP contribution in [-0.2, 0) is 54.0 Å². The Balaban J connectivity index is 1.66. The van der Waals surface area contributed by atoms with Crippen molar-refractivity contribution in [3.05, 3.63) is 35.9 Å². The molecule has 1 aromatic rings. The molecule has 12 nitrogen and oxygen atoms in total. The first-order valence-corrected chi connectivity index (χ1v) is 13.9.